The minimum absolute atomic E-state index is 0.629. The van der Waals surface area contributed by atoms with Crippen molar-refractivity contribution in [3.8, 4) is 45.3 Å². The summed E-state index contributed by atoms with van der Waals surface area (Å²) in [7, 11) is 0. The molecule has 10 aromatic rings. The zero-order valence-electron chi connectivity index (χ0n) is 26.2. The van der Waals surface area contributed by atoms with Gasteiger partial charge in [0, 0.05) is 39.0 Å². The predicted octanol–water partition coefficient (Wildman–Crippen LogP) is 11.3. The van der Waals surface area contributed by atoms with E-state index in [9.17, 15) is 0 Å². The highest BCUT2D eigenvalue weighted by Crippen LogP contribution is 2.41. The minimum Gasteiger partial charge on any atom is -0.456 e. The van der Waals surface area contributed by atoms with E-state index in [4.69, 9.17) is 19.4 Å². The molecule has 0 saturated heterocycles. The van der Waals surface area contributed by atoms with Crippen molar-refractivity contribution in [1.82, 2.24) is 19.9 Å². The third kappa shape index (κ3) is 4.55. The lowest BCUT2D eigenvalue weighted by atomic mass is 9.92. The minimum atomic E-state index is 0.629. The number of aromatic nitrogens is 4. The van der Waals surface area contributed by atoms with Crippen molar-refractivity contribution in [3.63, 3.8) is 0 Å². The monoisotopic (exact) mass is 626 g/mol. The molecule has 228 valence electrons. The number of rotatable bonds is 4. The molecule has 5 heteroatoms. The molecule has 7 aromatic carbocycles. The first kappa shape index (κ1) is 27.4. The highest BCUT2D eigenvalue weighted by molar-refractivity contribution is 6.18. The molecule has 10 rings (SSSR count). The van der Waals surface area contributed by atoms with Crippen LogP contribution in [0, 0.1) is 0 Å². The van der Waals surface area contributed by atoms with Gasteiger partial charge in [-0.05, 0) is 63.0 Å². The highest BCUT2D eigenvalue weighted by atomic mass is 16.3. The highest BCUT2D eigenvalue weighted by Gasteiger charge is 2.18. The Balaban J connectivity index is 1.19. The first-order chi connectivity index (χ1) is 24.3. The number of nitrogens with zero attached hydrogens (tertiary/aromatic N) is 4. The molecule has 0 fully saturated rings. The van der Waals surface area contributed by atoms with E-state index in [0.29, 0.717) is 17.5 Å². The Bertz CT molecular complexity index is 2890. The maximum absolute atomic E-state index is 6.41. The topological polar surface area (TPSA) is 64.7 Å². The fourth-order valence-corrected chi connectivity index (χ4v) is 7.03. The van der Waals surface area contributed by atoms with Gasteiger partial charge in [-0.1, -0.05) is 121 Å². The van der Waals surface area contributed by atoms with Gasteiger partial charge in [0.2, 0.25) is 0 Å². The Hall–Kier alpha value is -6.72. The molecule has 0 amide bonds. The molecular weight excluding hydrogens is 601 g/mol. The van der Waals surface area contributed by atoms with E-state index < -0.39 is 0 Å². The van der Waals surface area contributed by atoms with Gasteiger partial charge in [-0.25, -0.2) is 15.0 Å². The van der Waals surface area contributed by atoms with Crippen LogP contribution < -0.4 is 0 Å². The fraction of sp³-hybridized carbons (Fsp3) is 0. The Morgan fingerprint density at radius 1 is 0.388 bits per heavy atom. The zero-order valence-corrected chi connectivity index (χ0v) is 26.2. The summed E-state index contributed by atoms with van der Waals surface area (Å²) in [6.07, 6.45) is 1.83. The van der Waals surface area contributed by atoms with Crippen molar-refractivity contribution in [2.75, 3.05) is 0 Å². The lowest BCUT2D eigenvalue weighted by Crippen LogP contribution is -2.00. The maximum Gasteiger partial charge on any atom is 0.164 e. The number of benzene rings is 7. The molecule has 0 spiro atoms. The van der Waals surface area contributed by atoms with Crippen molar-refractivity contribution in [2.24, 2.45) is 0 Å². The van der Waals surface area contributed by atoms with Crippen molar-refractivity contribution >= 4 is 54.4 Å². The van der Waals surface area contributed by atoms with E-state index in [2.05, 4.69) is 114 Å². The van der Waals surface area contributed by atoms with E-state index in [-0.39, 0.29) is 0 Å². The van der Waals surface area contributed by atoms with Crippen LogP contribution in [0.4, 0.5) is 0 Å². The third-order valence-corrected chi connectivity index (χ3v) is 9.35. The summed E-state index contributed by atoms with van der Waals surface area (Å²) in [6, 6.07) is 52.2. The lowest BCUT2D eigenvalue weighted by Gasteiger charge is -2.13. The normalized spacial score (nSPS) is 11.7. The number of pyridine rings is 1. The second-order valence-corrected chi connectivity index (χ2v) is 12.3. The molecule has 3 aromatic heterocycles. The molecule has 0 unspecified atom stereocenters. The maximum atomic E-state index is 6.41. The van der Waals surface area contributed by atoms with Gasteiger partial charge < -0.3 is 4.42 Å². The van der Waals surface area contributed by atoms with E-state index >= 15 is 0 Å². The molecule has 0 aliphatic heterocycles. The summed E-state index contributed by atoms with van der Waals surface area (Å²) in [6.45, 7) is 0. The van der Waals surface area contributed by atoms with Crippen molar-refractivity contribution in [3.05, 3.63) is 158 Å². The zero-order chi connectivity index (χ0) is 32.3. The summed E-state index contributed by atoms with van der Waals surface area (Å²) in [5.41, 5.74) is 7.69. The molecule has 5 nitrogen and oxygen atoms in total. The van der Waals surface area contributed by atoms with Gasteiger partial charge in [0.05, 0.1) is 5.52 Å². The number of fused-ring (bicyclic) bond motifs is 6. The van der Waals surface area contributed by atoms with Crippen molar-refractivity contribution in [1.29, 1.82) is 0 Å². The van der Waals surface area contributed by atoms with E-state index in [1.807, 2.05) is 48.7 Å². The third-order valence-electron chi connectivity index (χ3n) is 9.35. The largest absolute Gasteiger partial charge is 0.456 e. The fourth-order valence-electron chi connectivity index (χ4n) is 7.03. The van der Waals surface area contributed by atoms with Gasteiger partial charge in [-0.2, -0.15) is 0 Å². The van der Waals surface area contributed by atoms with Crippen LogP contribution in [0.3, 0.4) is 0 Å². The van der Waals surface area contributed by atoms with Gasteiger partial charge in [0.25, 0.3) is 0 Å². The van der Waals surface area contributed by atoms with Gasteiger partial charge in [0.1, 0.15) is 11.2 Å². The van der Waals surface area contributed by atoms with Crippen molar-refractivity contribution < 1.29 is 4.42 Å². The van der Waals surface area contributed by atoms with Crippen LogP contribution in [0.2, 0.25) is 0 Å². The molecular formula is C44H26N4O. The van der Waals surface area contributed by atoms with E-state index in [1.165, 1.54) is 5.39 Å². The van der Waals surface area contributed by atoms with Crippen LogP contribution in [-0.2, 0) is 0 Å². The predicted molar refractivity (Wildman–Crippen MR) is 199 cm³/mol. The Labute approximate surface area is 281 Å². The SMILES string of the molecule is c1ccc(-c2nc(-c3ccc4ccccc4c3)nc(-c3cccc4c(-c5cccc6oc7cc8cccnc8cc7c56)cccc34)n2)cc1. The summed E-state index contributed by atoms with van der Waals surface area (Å²) in [4.78, 5) is 19.8. The van der Waals surface area contributed by atoms with Crippen LogP contribution in [0.1, 0.15) is 0 Å². The lowest BCUT2D eigenvalue weighted by molar-refractivity contribution is 0.669. The number of hydrogen-bond acceptors (Lipinski definition) is 5. The molecule has 0 N–H and O–H groups in total. The number of furan rings is 1. The molecule has 0 bridgehead atoms. The van der Waals surface area contributed by atoms with E-state index in [0.717, 1.165) is 76.8 Å². The van der Waals surface area contributed by atoms with Crippen LogP contribution in [0.15, 0.2) is 162 Å². The molecule has 0 radical (unpaired) electrons. The summed E-state index contributed by atoms with van der Waals surface area (Å²) in [5.74, 6) is 1.90. The van der Waals surface area contributed by atoms with Crippen LogP contribution in [0.25, 0.3) is 99.7 Å². The van der Waals surface area contributed by atoms with Crippen LogP contribution >= 0.6 is 0 Å². The van der Waals surface area contributed by atoms with Crippen LogP contribution in [0.5, 0.6) is 0 Å². The first-order valence-corrected chi connectivity index (χ1v) is 16.3. The Morgan fingerprint density at radius 2 is 1.08 bits per heavy atom. The van der Waals surface area contributed by atoms with Gasteiger partial charge in [0.15, 0.2) is 17.5 Å². The summed E-state index contributed by atoms with van der Waals surface area (Å²) < 4.78 is 6.41. The average molecular weight is 627 g/mol. The average Bonchev–Trinajstić information content (AvgIpc) is 3.54. The molecule has 0 atom stereocenters. The molecule has 3 heterocycles. The van der Waals surface area contributed by atoms with Gasteiger partial charge in [-0.15, -0.1) is 0 Å². The Kier molecular flexibility index (Phi) is 6.11. The quantitative estimate of drug-likeness (QED) is 0.194. The molecule has 0 aliphatic rings. The second kappa shape index (κ2) is 10.9. The molecule has 49 heavy (non-hydrogen) atoms. The molecule has 0 saturated carbocycles. The van der Waals surface area contributed by atoms with Crippen molar-refractivity contribution in [2.45, 2.75) is 0 Å². The Morgan fingerprint density at radius 3 is 1.96 bits per heavy atom. The number of hydrogen-bond donors (Lipinski definition) is 0. The summed E-state index contributed by atoms with van der Waals surface area (Å²) >= 11 is 0. The molecule has 0 aliphatic carbocycles. The summed E-state index contributed by atoms with van der Waals surface area (Å²) in [5, 5.41) is 7.67. The van der Waals surface area contributed by atoms with E-state index in [1.54, 1.807) is 0 Å². The smallest absolute Gasteiger partial charge is 0.164 e. The van der Waals surface area contributed by atoms with Gasteiger partial charge in [-0.3, -0.25) is 4.98 Å². The second-order valence-electron chi connectivity index (χ2n) is 12.3. The standard InChI is InChI=1S/C44H26N4O/c1-2-11-28(12-3-1)42-46-43(31-22-21-27-10-4-5-13-29(27)24-31)48-44(47-42)36-19-7-15-32-33(16-6-17-34(32)36)35-18-8-20-39-41(35)37-26-38-30(14-9-23-45-38)25-40(37)49-39/h1-26H. The van der Waals surface area contributed by atoms with Gasteiger partial charge >= 0.3 is 0 Å². The first-order valence-electron chi connectivity index (χ1n) is 16.3. The van der Waals surface area contributed by atoms with Crippen LogP contribution in [-0.4, -0.2) is 19.9 Å².